The van der Waals surface area contributed by atoms with Crippen molar-refractivity contribution in [2.24, 2.45) is 5.92 Å². The van der Waals surface area contributed by atoms with Gasteiger partial charge in [-0.3, -0.25) is 4.90 Å². The van der Waals surface area contributed by atoms with Gasteiger partial charge in [-0.25, -0.2) is 9.59 Å². The first-order valence-electron chi connectivity index (χ1n) is 6.80. The number of esters is 1. The summed E-state index contributed by atoms with van der Waals surface area (Å²) in [7, 11) is 1.37. The van der Waals surface area contributed by atoms with Crippen molar-refractivity contribution in [3.05, 3.63) is 0 Å². The van der Waals surface area contributed by atoms with Crippen molar-refractivity contribution in [1.82, 2.24) is 4.90 Å². The molecule has 1 saturated carbocycles. The Balaban J connectivity index is 2.20. The Morgan fingerprint density at radius 2 is 1.89 bits per heavy atom. The monoisotopic (exact) mass is 269 g/mol. The van der Waals surface area contributed by atoms with Crippen LogP contribution in [0.2, 0.25) is 0 Å². The highest BCUT2D eigenvalue weighted by Gasteiger charge is 2.64. The van der Waals surface area contributed by atoms with Gasteiger partial charge in [0.2, 0.25) is 0 Å². The van der Waals surface area contributed by atoms with Gasteiger partial charge < -0.3 is 9.47 Å². The number of methoxy groups -OCH3 is 1. The highest BCUT2D eigenvalue weighted by molar-refractivity contribution is 5.88. The average Bonchev–Trinajstić information content (AvgIpc) is 2.23. The smallest absolute Gasteiger partial charge is 0.411 e. The van der Waals surface area contributed by atoms with Gasteiger partial charge in [0.05, 0.1) is 7.11 Å². The van der Waals surface area contributed by atoms with Crippen LogP contribution in [0.3, 0.4) is 0 Å². The first kappa shape index (κ1) is 14.2. The van der Waals surface area contributed by atoms with Gasteiger partial charge >= 0.3 is 12.1 Å². The molecule has 2 aliphatic heterocycles. The molecule has 19 heavy (non-hydrogen) atoms. The number of piperidine rings is 1. The van der Waals surface area contributed by atoms with Crippen molar-refractivity contribution in [2.45, 2.75) is 64.1 Å². The number of ether oxygens (including phenoxy) is 2. The summed E-state index contributed by atoms with van der Waals surface area (Å²) in [5.41, 5.74) is -1.34. The van der Waals surface area contributed by atoms with Gasteiger partial charge in [0.25, 0.3) is 0 Å². The highest BCUT2D eigenvalue weighted by atomic mass is 16.6. The lowest BCUT2D eigenvalue weighted by Gasteiger charge is -2.60. The van der Waals surface area contributed by atoms with Crippen LogP contribution in [0.1, 0.15) is 47.0 Å². The number of fused-ring (bicyclic) bond motifs is 2. The lowest BCUT2D eigenvalue weighted by atomic mass is 9.64. The molecule has 0 aromatic carbocycles. The van der Waals surface area contributed by atoms with E-state index in [1.807, 2.05) is 20.8 Å². The maximum absolute atomic E-state index is 12.3. The van der Waals surface area contributed by atoms with Crippen molar-refractivity contribution in [3.63, 3.8) is 0 Å². The molecule has 0 N–H and O–H groups in total. The zero-order valence-corrected chi connectivity index (χ0v) is 12.4. The van der Waals surface area contributed by atoms with E-state index in [1.54, 1.807) is 4.90 Å². The molecule has 108 valence electrons. The number of rotatable bonds is 1. The minimum absolute atomic E-state index is 0.109. The highest BCUT2D eigenvalue weighted by Crippen LogP contribution is 2.50. The summed E-state index contributed by atoms with van der Waals surface area (Å²) < 4.78 is 10.3. The van der Waals surface area contributed by atoms with Gasteiger partial charge in [-0.1, -0.05) is 6.92 Å². The zero-order valence-electron chi connectivity index (χ0n) is 12.4. The average molecular weight is 269 g/mol. The molecule has 3 aliphatic rings. The number of nitrogens with zero attached hydrogens (tertiary/aromatic N) is 1. The lowest BCUT2D eigenvalue weighted by Crippen LogP contribution is -2.75. The molecular formula is C14H23NO4. The minimum atomic E-state index is -0.792. The molecule has 3 fully saturated rings. The second kappa shape index (κ2) is 4.39. The van der Waals surface area contributed by atoms with Gasteiger partial charge in [-0.15, -0.1) is 0 Å². The summed E-state index contributed by atoms with van der Waals surface area (Å²) in [6.45, 7) is 7.59. The quantitative estimate of drug-likeness (QED) is 0.686. The predicted molar refractivity (Wildman–Crippen MR) is 69.6 cm³/mol. The van der Waals surface area contributed by atoms with E-state index in [4.69, 9.17) is 9.47 Å². The van der Waals surface area contributed by atoms with Crippen LogP contribution in [0.5, 0.6) is 0 Å². The van der Waals surface area contributed by atoms with Gasteiger partial charge in [0.15, 0.2) is 0 Å². The zero-order chi connectivity index (χ0) is 14.4. The molecule has 0 spiro atoms. The molecular weight excluding hydrogens is 246 g/mol. The SMILES string of the molecule is COC(=O)C12CC(C)CC(C1)N2C(=O)OC(C)(C)C. The molecule has 0 aromatic heterocycles. The number of amides is 1. The van der Waals surface area contributed by atoms with Crippen molar-refractivity contribution in [2.75, 3.05) is 7.11 Å². The fourth-order valence-corrected chi connectivity index (χ4v) is 3.40. The normalized spacial score (nSPS) is 33.4. The molecule has 1 aliphatic carbocycles. The molecule has 3 atom stereocenters. The fraction of sp³-hybridized carbons (Fsp3) is 0.857. The van der Waals surface area contributed by atoms with Crippen LogP contribution in [0, 0.1) is 5.92 Å². The maximum Gasteiger partial charge on any atom is 0.411 e. The molecule has 2 bridgehead atoms. The van der Waals surface area contributed by atoms with E-state index in [9.17, 15) is 9.59 Å². The fourth-order valence-electron chi connectivity index (χ4n) is 3.40. The summed E-state index contributed by atoms with van der Waals surface area (Å²) >= 11 is 0. The van der Waals surface area contributed by atoms with Crippen molar-refractivity contribution in [3.8, 4) is 0 Å². The van der Waals surface area contributed by atoms with Crippen LogP contribution in [0.25, 0.3) is 0 Å². The van der Waals surface area contributed by atoms with E-state index in [-0.39, 0.29) is 12.0 Å². The van der Waals surface area contributed by atoms with E-state index in [0.717, 1.165) is 6.42 Å². The second-order valence-electron chi connectivity index (χ2n) is 6.78. The summed E-state index contributed by atoms with van der Waals surface area (Å²) in [4.78, 5) is 26.0. The number of carbonyl (C=O) groups is 2. The lowest BCUT2D eigenvalue weighted by molar-refractivity contribution is -0.183. The second-order valence-corrected chi connectivity index (χ2v) is 6.78. The van der Waals surface area contributed by atoms with Crippen molar-refractivity contribution in [1.29, 1.82) is 0 Å². The summed E-state index contributed by atoms with van der Waals surface area (Å²) in [5.74, 6) is 0.109. The van der Waals surface area contributed by atoms with Crippen LogP contribution in [-0.4, -0.2) is 41.3 Å². The molecule has 5 nitrogen and oxygen atoms in total. The Morgan fingerprint density at radius 1 is 1.26 bits per heavy atom. The van der Waals surface area contributed by atoms with Crippen LogP contribution in [0.4, 0.5) is 4.79 Å². The third-order valence-electron chi connectivity index (χ3n) is 3.92. The number of hydrogen-bond acceptors (Lipinski definition) is 4. The third kappa shape index (κ3) is 2.30. The summed E-state index contributed by atoms with van der Waals surface area (Å²) in [5, 5.41) is 0. The standard InChI is InChI=1S/C14H23NO4/c1-9-6-10-8-14(7-9,11(16)18-5)15(10)12(17)19-13(2,3)4/h9-10H,6-8H2,1-5H3. The van der Waals surface area contributed by atoms with Gasteiger partial charge in [-0.2, -0.15) is 0 Å². The minimum Gasteiger partial charge on any atom is -0.467 e. The molecule has 3 unspecified atom stereocenters. The van der Waals surface area contributed by atoms with E-state index < -0.39 is 17.2 Å². The first-order chi connectivity index (χ1) is 8.69. The number of carbonyl (C=O) groups excluding carboxylic acids is 2. The maximum atomic E-state index is 12.3. The van der Waals surface area contributed by atoms with Gasteiger partial charge in [-0.05, 0) is 39.5 Å². The van der Waals surface area contributed by atoms with Crippen LogP contribution in [0.15, 0.2) is 0 Å². The van der Waals surface area contributed by atoms with Gasteiger partial charge in [0, 0.05) is 12.5 Å². The van der Waals surface area contributed by atoms with E-state index >= 15 is 0 Å². The number of hydrogen-bond donors (Lipinski definition) is 0. The van der Waals surface area contributed by atoms with Crippen molar-refractivity contribution < 1.29 is 19.1 Å². The molecule has 1 amide bonds. The van der Waals surface area contributed by atoms with Crippen LogP contribution < -0.4 is 0 Å². The van der Waals surface area contributed by atoms with Crippen LogP contribution >= 0.6 is 0 Å². The van der Waals surface area contributed by atoms with Crippen molar-refractivity contribution >= 4 is 12.1 Å². The third-order valence-corrected chi connectivity index (χ3v) is 3.92. The Labute approximate surface area is 114 Å². The molecule has 0 radical (unpaired) electrons. The predicted octanol–water partition coefficient (Wildman–Crippen LogP) is 2.34. The van der Waals surface area contributed by atoms with E-state index in [1.165, 1.54) is 7.11 Å². The van der Waals surface area contributed by atoms with Crippen LogP contribution in [-0.2, 0) is 14.3 Å². The first-order valence-corrected chi connectivity index (χ1v) is 6.80. The Hall–Kier alpha value is -1.26. The van der Waals surface area contributed by atoms with Gasteiger partial charge in [0.1, 0.15) is 11.1 Å². The molecule has 2 heterocycles. The largest absolute Gasteiger partial charge is 0.467 e. The Morgan fingerprint density at radius 3 is 2.42 bits per heavy atom. The molecule has 0 aromatic rings. The van der Waals surface area contributed by atoms with E-state index in [0.29, 0.717) is 18.8 Å². The summed E-state index contributed by atoms with van der Waals surface area (Å²) in [6.07, 6.45) is 1.89. The molecule has 5 heteroatoms. The summed E-state index contributed by atoms with van der Waals surface area (Å²) in [6, 6.07) is 0.109. The molecule has 2 saturated heterocycles. The molecule has 3 rings (SSSR count). The topological polar surface area (TPSA) is 55.8 Å². The Bertz CT molecular complexity index is 401. The van der Waals surface area contributed by atoms with E-state index in [2.05, 4.69) is 6.92 Å². The Kier molecular flexibility index (Phi) is 3.27.